The molecule has 2 aliphatic heterocycles. The van der Waals surface area contributed by atoms with Crippen LogP contribution in [0.3, 0.4) is 0 Å². The molecule has 6 rings (SSSR count). The summed E-state index contributed by atoms with van der Waals surface area (Å²) >= 11 is 0. The number of ether oxygens (including phenoxy) is 3. The summed E-state index contributed by atoms with van der Waals surface area (Å²) < 4.78 is 18.4. The summed E-state index contributed by atoms with van der Waals surface area (Å²) in [4.78, 5) is 15.9. The van der Waals surface area contributed by atoms with E-state index in [2.05, 4.69) is 16.5 Å². The predicted molar refractivity (Wildman–Crippen MR) is 134 cm³/mol. The first-order valence-corrected chi connectivity index (χ1v) is 11.7. The van der Waals surface area contributed by atoms with Crippen LogP contribution in [-0.2, 0) is 11.3 Å². The van der Waals surface area contributed by atoms with Crippen LogP contribution in [0.4, 0.5) is 0 Å². The Hall–Kier alpha value is -3.35. The standard InChI is InChI=1S/C23H19NO3.C5H11NO/c1-14-21(19-7-4-8-20-22(19)24(14)11-12-27-20)23(25)18-6-3-5-15-13-16(26-2)9-10-17(15)18;1-6-2-4-7-5-3-6/h3-10,13H,11-12H2,1-2H3;2-5H2,1H3. The molecule has 1 aromatic heterocycles. The van der Waals surface area contributed by atoms with E-state index in [1.54, 1.807) is 7.11 Å². The number of hydrogen-bond acceptors (Lipinski definition) is 5. The minimum absolute atomic E-state index is 0.0473. The largest absolute Gasteiger partial charge is 0.497 e. The Morgan fingerprint density at radius 2 is 1.74 bits per heavy atom. The number of rotatable bonds is 3. The zero-order chi connectivity index (χ0) is 23.7. The van der Waals surface area contributed by atoms with E-state index in [1.165, 1.54) is 0 Å². The molecule has 0 radical (unpaired) electrons. The molecule has 0 bridgehead atoms. The molecule has 0 saturated carbocycles. The fourth-order valence-corrected chi connectivity index (χ4v) is 4.81. The summed E-state index contributed by atoms with van der Waals surface area (Å²) in [5.41, 5.74) is 3.49. The van der Waals surface area contributed by atoms with Crippen molar-refractivity contribution in [2.24, 2.45) is 0 Å². The topological polar surface area (TPSA) is 52.9 Å². The van der Waals surface area contributed by atoms with Crippen molar-refractivity contribution in [3.63, 3.8) is 0 Å². The monoisotopic (exact) mass is 458 g/mol. The highest BCUT2D eigenvalue weighted by molar-refractivity contribution is 6.22. The predicted octanol–water partition coefficient (Wildman–Crippen LogP) is 4.68. The van der Waals surface area contributed by atoms with Gasteiger partial charge in [0.15, 0.2) is 5.78 Å². The Labute approximate surface area is 199 Å². The van der Waals surface area contributed by atoms with E-state index in [0.717, 1.165) is 77.3 Å². The molecule has 0 aliphatic carbocycles. The van der Waals surface area contributed by atoms with Gasteiger partial charge in [0.25, 0.3) is 0 Å². The van der Waals surface area contributed by atoms with E-state index in [9.17, 15) is 4.79 Å². The first-order valence-electron chi connectivity index (χ1n) is 11.7. The van der Waals surface area contributed by atoms with E-state index in [4.69, 9.17) is 14.2 Å². The zero-order valence-electron chi connectivity index (χ0n) is 20.0. The minimum Gasteiger partial charge on any atom is -0.497 e. The number of aromatic nitrogens is 1. The second-order valence-corrected chi connectivity index (χ2v) is 8.75. The number of benzene rings is 3. The van der Waals surface area contributed by atoms with Crippen LogP contribution in [0.5, 0.6) is 11.5 Å². The number of hydrogen-bond donors (Lipinski definition) is 0. The molecule has 2 aliphatic rings. The summed E-state index contributed by atoms with van der Waals surface area (Å²) in [5.74, 6) is 1.68. The van der Waals surface area contributed by atoms with Crippen molar-refractivity contribution >= 4 is 27.5 Å². The second-order valence-electron chi connectivity index (χ2n) is 8.75. The normalized spacial score (nSPS) is 15.5. The maximum absolute atomic E-state index is 13.6. The molecule has 0 N–H and O–H groups in total. The summed E-state index contributed by atoms with van der Waals surface area (Å²) in [6.07, 6.45) is 0. The minimum atomic E-state index is 0.0473. The number of methoxy groups -OCH3 is 1. The zero-order valence-corrected chi connectivity index (χ0v) is 20.0. The average Bonchev–Trinajstić information content (AvgIpc) is 3.17. The van der Waals surface area contributed by atoms with E-state index < -0.39 is 0 Å². The van der Waals surface area contributed by atoms with Gasteiger partial charge in [-0.2, -0.15) is 0 Å². The molecule has 0 amide bonds. The van der Waals surface area contributed by atoms with Crippen LogP contribution in [0.2, 0.25) is 0 Å². The molecule has 3 heterocycles. The highest BCUT2D eigenvalue weighted by Gasteiger charge is 2.26. The van der Waals surface area contributed by atoms with Crippen LogP contribution >= 0.6 is 0 Å². The van der Waals surface area contributed by atoms with E-state index in [1.807, 2.05) is 61.5 Å². The number of nitrogens with zero attached hydrogens (tertiary/aromatic N) is 2. The molecule has 0 unspecified atom stereocenters. The van der Waals surface area contributed by atoms with Crippen LogP contribution in [0.1, 0.15) is 21.6 Å². The molecule has 6 nitrogen and oxygen atoms in total. The molecule has 3 aromatic carbocycles. The van der Waals surface area contributed by atoms with Gasteiger partial charge >= 0.3 is 0 Å². The van der Waals surface area contributed by atoms with Gasteiger partial charge in [0.05, 0.1) is 37.9 Å². The number of carbonyl (C=O) groups is 1. The molecule has 0 spiro atoms. The Balaban J connectivity index is 0.000000297. The van der Waals surface area contributed by atoms with Gasteiger partial charge in [-0.15, -0.1) is 0 Å². The lowest BCUT2D eigenvalue weighted by Gasteiger charge is -2.21. The summed E-state index contributed by atoms with van der Waals surface area (Å²) in [5, 5.41) is 2.89. The molecule has 0 atom stereocenters. The highest BCUT2D eigenvalue weighted by Crippen LogP contribution is 2.37. The molecule has 4 aromatic rings. The number of ketones is 1. The highest BCUT2D eigenvalue weighted by atomic mass is 16.5. The molecule has 6 heteroatoms. The number of fused-ring (bicyclic) bond motifs is 1. The van der Waals surface area contributed by atoms with Crippen LogP contribution in [0.25, 0.3) is 21.7 Å². The third kappa shape index (κ3) is 4.04. The lowest BCUT2D eigenvalue weighted by molar-refractivity contribution is 0.0503. The van der Waals surface area contributed by atoms with Gasteiger partial charge in [0.2, 0.25) is 0 Å². The lowest BCUT2D eigenvalue weighted by Crippen LogP contribution is -2.32. The van der Waals surface area contributed by atoms with Crippen LogP contribution in [0.15, 0.2) is 54.6 Å². The van der Waals surface area contributed by atoms with Crippen molar-refractivity contribution in [3.05, 3.63) is 71.4 Å². The van der Waals surface area contributed by atoms with Crippen molar-refractivity contribution < 1.29 is 19.0 Å². The van der Waals surface area contributed by atoms with E-state index in [0.29, 0.717) is 12.2 Å². The Morgan fingerprint density at radius 3 is 2.47 bits per heavy atom. The first-order chi connectivity index (χ1) is 16.6. The number of para-hydroxylation sites is 1. The molecule has 1 saturated heterocycles. The maximum atomic E-state index is 13.6. The van der Waals surface area contributed by atoms with Gasteiger partial charge in [-0.3, -0.25) is 4.79 Å². The van der Waals surface area contributed by atoms with E-state index >= 15 is 0 Å². The Morgan fingerprint density at radius 1 is 0.941 bits per heavy atom. The van der Waals surface area contributed by atoms with Gasteiger partial charge in [-0.25, -0.2) is 0 Å². The smallest absolute Gasteiger partial charge is 0.196 e. The van der Waals surface area contributed by atoms with Gasteiger partial charge in [0.1, 0.15) is 18.1 Å². The second kappa shape index (κ2) is 9.49. The molecule has 1 fully saturated rings. The molecule has 176 valence electrons. The third-order valence-electron chi connectivity index (χ3n) is 6.67. The van der Waals surface area contributed by atoms with Gasteiger partial charge < -0.3 is 23.7 Å². The quantitative estimate of drug-likeness (QED) is 0.417. The third-order valence-corrected chi connectivity index (χ3v) is 6.67. The summed E-state index contributed by atoms with van der Waals surface area (Å²) in [6.45, 7) is 7.44. The van der Waals surface area contributed by atoms with Crippen LogP contribution < -0.4 is 9.47 Å². The summed E-state index contributed by atoms with van der Waals surface area (Å²) in [7, 11) is 3.76. The van der Waals surface area contributed by atoms with Crippen molar-refractivity contribution in [3.8, 4) is 11.5 Å². The maximum Gasteiger partial charge on any atom is 0.196 e. The van der Waals surface area contributed by atoms with Crippen molar-refractivity contribution in [1.29, 1.82) is 0 Å². The molecule has 34 heavy (non-hydrogen) atoms. The van der Waals surface area contributed by atoms with Crippen LogP contribution in [0, 0.1) is 6.92 Å². The fourth-order valence-electron chi connectivity index (χ4n) is 4.81. The molecular weight excluding hydrogens is 428 g/mol. The van der Waals surface area contributed by atoms with Crippen molar-refractivity contribution in [2.75, 3.05) is 47.1 Å². The summed E-state index contributed by atoms with van der Waals surface area (Å²) in [6, 6.07) is 17.6. The molecular formula is C28H30N2O4. The number of carbonyl (C=O) groups excluding carboxylic acids is 1. The van der Waals surface area contributed by atoms with Gasteiger partial charge in [0, 0.05) is 29.7 Å². The van der Waals surface area contributed by atoms with Gasteiger partial charge in [-0.05, 0) is 49.0 Å². The Bertz CT molecular complexity index is 1350. The van der Waals surface area contributed by atoms with Crippen molar-refractivity contribution in [1.82, 2.24) is 9.47 Å². The number of morpholine rings is 1. The first kappa shape index (κ1) is 22.4. The fraction of sp³-hybridized carbons (Fsp3) is 0.321. The van der Waals surface area contributed by atoms with Gasteiger partial charge in [-0.1, -0.05) is 30.3 Å². The Kier molecular flexibility index (Phi) is 6.26. The van der Waals surface area contributed by atoms with Crippen molar-refractivity contribution in [2.45, 2.75) is 13.5 Å². The number of likely N-dealkylation sites (N-methyl/N-ethyl adjacent to an activating group) is 1. The average molecular weight is 459 g/mol. The SMILES string of the molecule is CN1CCOCC1.COc1ccc2c(C(=O)c3c(C)n4c5c(cccc35)OCC4)cccc2c1. The lowest BCUT2D eigenvalue weighted by atomic mass is 9.95. The van der Waals surface area contributed by atoms with Crippen LogP contribution in [-0.4, -0.2) is 62.3 Å². The van der Waals surface area contributed by atoms with E-state index in [-0.39, 0.29) is 5.78 Å².